The van der Waals surface area contributed by atoms with Gasteiger partial charge < -0.3 is 24.3 Å². The molecule has 2 unspecified atom stereocenters. The third kappa shape index (κ3) is 7.83. The van der Waals surface area contributed by atoms with Crippen molar-refractivity contribution in [3.63, 3.8) is 0 Å². The van der Waals surface area contributed by atoms with Crippen molar-refractivity contribution < 1.29 is 27.9 Å². The Morgan fingerprint density at radius 2 is 1.53 bits per heavy atom. The van der Waals surface area contributed by atoms with Gasteiger partial charge >= 0.3 is 0 Å². The minimum atomic E-state index is -0.700. The van der Waals surface area contributed by atoms with Crippen molar-refractivity contribution in [2.45, 2.75) is 103 Å². The number of amides is 3. The Morgan fingerprint density at radius 1 is 0.857 bits per heavy atom. The molecule has 0 radical (unpaired) electrons. The summed E-state index contributed by atoms with van der Waals surface area (Å²) in [7, 11) is 2.04. The van der Waals surface area contributed by atoms with Crippen LogP contribution in [0.1, 0.15) is 84.1 Å². The number of piperazine rings is 1. The predicted molar refractivity (Wildman–Crippen MR) is 184 cm³/mol. The number of rotatable bonds is 6. The van der Waals surface area contributed by atoms with Crippen molar-refractivity contribution in [3.05, 3.63) is 35.4 Å². The monoisotopic (exact) mass is 685 g/mol. The number of hydrogen-bond acceptors (Lipinski definition) is 6. The van der Waals surface area contributed by atoms with Gasteiger partial charge in [0.25, 0.3) is 0 Å². The largest absolute Gasteiger partial charge is 0.381 e. The number of likely N-dealkylation sites (tertiary alicyclic amines) is 2. The zero-order valence-electron chi connectivity index (χ0n) is 30.2. The maximum atomic E-state index is 15.5. The normalized spacial score (nSPS) is 30.9. The molecular formula is C38H57F2N5O4. The third-order valence-electron chi connectivity index (χ3n) is 12.0. The molecule has 3 amide bonds. The lowest BCUT2D eigenvalue weighted by molar-refractivity contribution is -0.147. The van der Waals surface area contributed by atoms with Crippen molar-refractivity contribution in [2.24, 2.45) is 17.3 Å². The molecule has 49 heavy (non-hydrogen) atoms. The van der Waals surface area contributed by atoms with Crippen LogP contribution in [-0.4, -0.2) is 132 Å². The summed E-state index contributed by atoms with van der Waals surface area (Å²) >= 11 is 0. The Kier molecular flexibility index (Phi) is 11.0. The van der Waals surface area contributed by atoms with E-state index in [4.69, 9.17) is 4.74 Å². The first kappa shape index (κ1) is 36.2. The van der Waals surface area contributed by atoms with Gasteiger partial charge in [-0.3, -0.25) is 19.3 Å². The molecular weight excluding hydrogens is 628 g/mol. The lowest BCUT2D eigenvalue weighted by Crippen LogP contribution is -2.54. The molecule has 0 N–H and O–H groups in total. The number of halogens is 2. The second kappa shape index (κ2) is 14.9. The zero-order chi connectivity index (χ0) is 35.0. The Bertz CT molecular complexity index is 1350. The Morgan fingerprint density at radius 3 is 2.16 bits per heavy atom. The molecule has 5 fully saturated rings. The van der Waals surface area contributed by atoms with E-state index in [0.29, 0.717) is 57.3 Å². The predicted octanol–water partition coefficient (Wildman–Crippen LogP) is 4.36. The molecule has 0 aromatic heterocycles. The molecule has 5 aliphatic rings. The number of benzene rings is 1. The van der Waals surface area contributed by atoms with E-state index in [1.54, 1.807) is 4.90 Å². The number of carbonyl (C=O) groups excluding carboxylic acids is 3. The van der Waals surface area contributed by atoms with E-state index in [1.807, 2.05) is 32.7 Å². The van der Waals surface area contributed by atoms with E-state index in [1.165, 1.54) is 12.1 Å². The average Bonchev–Trinajstić information content (AvgIpc) is 3.71. The van der Waals surface area contributed by atoms with Gasteiger partial charge in [-0.25, -0.2) is 8.78 Å². The highest BCUT2D eigenvalue weighted by molar-refractivity contribution is 5.91. The highest BCUT2D eigenvalue weighted by Gasteiger charge is 2.51. The van der Waals surface area contributed by atoms with E-state index in [-0.39, 0.29) is 42.4 Å². The van der Waals surface area contributed by atoms with Crippen molar-refractivity contribution in [1.82, 2.24) is 24.5 Å². The molecule has 6 rings (SSSR count). The minimum absolute atomic E-state index is 0.0619. The molecule has 4 heterocycles. The summed E-state index contributed by atoms with van der Waals surface area (Å²) in [6, 6.07) is 2.94. The van der Waals surface area contributed by atoms with Crippen LogP contribution in [0.2, 0.25) is 0 Å². The zero-order valence-corrected chi connectivity index (χ0v) is 30.2. The standard InChI is InChI=1S/C38H57F2N5O4/c1-25-6-9-28(10-7-25)45(37(48)38(2,3)4)29-21-34(36(47)42-16-14-41(5)15-17-42)44(22-29)35(46)32-24-43(27-12-18-49-19-13-27)23-31(32)30-11-8-26(39)20-33(30)40/h8,11,20,25,27-29,31-32,34H,6-7,9-10,12-19,21-24H2,1-5H3/t25?,28?,29?,31-,32+,34?/m0/s1. The van der Waals surface area contributed by atoms with Gasteiger partial charge in [0, 0.05) is 88.5 Å². The van der Waals surface area contributed by atoms with E-state index < -0.39 is 34.9 Å². The van der Waals surface area contributed by atoms with E-state index >= 15 is 9.18 Å². The highest BCUT2D eigenvalue weighted by atomic mass is 19.1. The maximum Gasteiger partial charge on any atom is 0.245 e. The van der Waals surface area contributed by atoms with Gasteiger partial charge in [0.2, 0.25) is 17.7 Å². The number of hydrogen-bond donors (Lipinski definition) is 0. The molecule has 1 saturated carbocycles. The molecule has 4 atom stereocenters. The number of ether oxygens (including phenoxy) is 1. The van der Waals surface area contributed by atoms with Crippen molar-refractivity contribution in [3.8, 4) is 0 Å². The van der Waals surface area contributed by atoms with E-state index in [9.17, 15) is 14.0 Å². The molecule has 1 aromatic rings. The number of nitrogens with zero attached hydrogens (tertiary/aromatic N) is 5. The van der Waals surface area contributed by atoms with Crippen molar-refractivity contribution in [2.75, 3.05) is 66.1 Å². The fraction of sp³-hybridized carbons (Fsp3) is 0.763. The SMILES string of the molecule is CC1CCC(N(C(=O)C(C)(C)C)C2CC(C(=O)N3CCN(C)CC3)N(C(=O)[C@@H]3CN(C4CCOCC4)C[C@H]3c3ccc(F)cc3F)C2)CC1. The highest BCUT2D eigenvalue weighted by Crippen LogP contribution is 2.41. The first-order chi connectivity index (χ1) is 23.3. The van der Waals surface area contributed by atoms with Gasteiger partial charge in [-0.1, -0.05) is 33.8 Å². The number of carbonyl (C=O) groups is 3. The third-order valence-corrected chi connectivity index (χ3v) is 12.0. The first-order valence-electron chi connectivity index (χ1n) is 18.7. The average molecular weight is 686 g/mol. The van der Waals surface area contributed by atoms with Crippen molar-refractivity contribution in [1.29, 1.82) is 0 Å². The van der Waals surface area contributed by atoms with Gasteiger partial charge in [-0.15, -0.1) is 0 Å². The summed E-state index contributed by atoms with van der Waals surface area (Å²) in [5, 5.41) is 0. The van der Waals surface area contributed by atoms with Crippen molar-refractivity contribution >= 4 is 17.7 Å². The molecule has 0 bridgehead atoms. The Hall–Kier alpha value is -2.63. The molecule has 0 spiro atoms. The maximum absolute atomic E-state index is 15.5. The summed E-state index contributed by atoms with van der Waals surface area (Å²) in [5.74, 6) is -1.94. The summed E-state index contributed by atoms with van der Waals surface area (Å²) in [5.41, 5.74) is -0.272. The molecule has 4 aliphatic heterocycles. The van der Waals surface area contributed by atoms with Crippen LogP contribution in [0.25, 0.3) is 0 Å². The fourth-order valence-electron chi connectivity index (χ4n) is 9.03. The summed E-state index contributed by atoms with van der Waals surface area (Å²) in [6.45, 7) is 13.3. The topological polar surface area (TPSA) is 76.6 Å². The van der Waals surface area contributed by atoms with Crippen LogP contribution in [0, 0.1) is 28.9 Å². The van der Waals surface area contributed by atoms with Gasteiger partial charge in [0.15, 0.2) is 0 Å². The minimum Gasteiger partial charge on any atom is -0.381 e. The molecule has 9 nitrogen and oxygen atoms in total. The number of likely N-dealkylation sites (N-methyl/N-ethyl adjacent to an activating group) is 1. The smallest absolute Gasteiger partial charge is 0.245 e. The first-order valence-corrected chi connectivity index (χ1v) is 18.7. The van der Waals surface area contributed by atoms with Gasteiger partial charge in [0.1, 0.15) is 17.7 Å². The Labute approximate surface area is 291 Å². The second-order valence-corrected chi connectivity index (χ2v) is 16.6. The molecule has 1 aliphatic carbocycles. The van der Waals surface area contributed by atoms with Crippen LogP contribution in [0.3, 0.4) is 0 Å². The van der Waals surface area contributed by atoms with Crippen LogP contribution >= 0.6 is 0 Å². The molecule has 1 aromatic carbocycles. The fourth-order valence-corrected chi connectivity index (χ4v) is 9.03. The van der Waals surface area contributed by atoms with Crippen LogP contribution in [0.4, 0.5) is 8.78 Å². The second-order valence-electron chi connectivity index (χ2n) is 16.6. The Balaban J connectivity index is 1.34. The van der Waals surface area contributed by atoms with Crippen LogP contribution in [0.5, 0.6) is 0 Å². The lowest BCUT2D eigenvalue weighted by atomic mass is 9.84. The van der Waals surface area contributed by atoms with E-state index in [0.717, 1.165) is 57.7 Å². The molecule has 4 saturated heterocycles. The quantitative estimate of drug-likeness (QED) is 0.444. The molecule has 272 valence electrons. The van der Waals surface area contributed by atoms with E-state index in [2.05, 4.69) is 21.6 Å². The summed E-state index contributed by atoms with van der Waals surface area (Å²) in [4.78, 5) is 53.9. The van der Waals surface area contributed by atoms with Crippen LogP contribution in [0.15, 0.2) is 18.2 Å². The lowest BCUT2D eigenvalue weighted by Gasteiger charge is -2.42. The summed E-state index contributed by atoms with van der Waals surface area (Å²) < 4.78 is 35.1. The van der Waals surface area contributed by atoms with Gasteiger partial charge in [0.05, 0.1) is 12.0 Å². The van der Waals surface area contributed by atoms with Crippen LogP contribution in [-0.2, 0) is 19.1 Å². The summed E-state index contributed by atoms with van der Waals surface area (Å²) in [6.07, 6.45) is 5.99. The molecule has 11 heteroatoms. The van der Waals surface area contributed by atoms with Gasteiger partial charge in [-0.05, 0) is 69.5 Å². The van der Waals surface area contributed by atoms with Crippen LogP contribution < -0.4 is 0 Å². The van der Waals surface area contributed by atoms with Gasteiger partial charge in [-0.2, -0.15) is 0 Å².